The molecule has 0 radical (unpaired) electrons. The number of likely N-dealkylation sites (tertiary alicyclic amines) is 1. The molecule has 0 saturated carbocycles. The Kier molecular flexibility index (Phi) is 4.44. The van der Waals surface area contributed by atoms with E-state index in [2.05, 4.69) is 11.9 Å². The fourth-order valence-electron chi connectivity index (χ4n) is 2.37. The standard InChI is InChI=1S/C14H21NO3/c1-15-8-6-12(10-15)18-13-5-3-4-11(7-9-16)14(13)17-2/h3-5,12,16H,6-10H2,1-2H3. The number of rotatable bonds is 5. The molecular weight excluding hydrogens is 230 g/mol. The number of hydrogen-bond acceptors (Lipinski definition) is 4. The Morgan fingerprint density at radius 1 is 1.44 bits per heavy atom. The molecule has 2 rings (SSSR count). The molecule has 4 heteroatoms. The Morgan fingerprint density at radius 2 is 2.28 bits per heavy atom. The van der Waals surface area contributed by atoms with E-state index in [1.165, 1.54) is 0 Å². The van der Waals surface area contributed by atoms with Gasteiger partial charge in [0.25, 0.3) is 0 Å². The zero-order valence-electron chi connectivity index (χ0n) is 11.1. The van der Waals surface area contributed by atoms with Crippen molar-refractivity contribution in [2.75, 3.05) is 33.9 Å². The highest BCUT2D eigenvalue weighted by Gasteiger charge is 2.22. The summed E-state index contributed by atoms with van der Waals surface area (Å²) in [4.78, 5) is 2.26. The molecule has 1 aromatic rings. The molecule has 1 fully saturated rings. The lowest BCUT2D eigenvalue weighted by atomic mass is 10.1. The Hall–Kier alpha value is -1.26. The lowest BCUT2D eigenvalue weighted by Gasteiger charge is -2.18. The van der Waals surface area contributed by atoms with E-state index in [0.29, 0.717) is 6.42 Å². The fraction of sp³-hybridized carbons (Fsp3) is 0.571. The van der Waals surface area contributed by atoms with Crippen LogP contribution in [0.5, 0.6) is 11.5 Å². The van der Waals surface area contributed by atoms with Crippen LogP contribution in [0.2, 0.25) is 0 Å². The van der Waals surface area contributed by atoms with Crippen molar-refractivity contribution in [1.29, 1.82) is 0 Å². The second-order valence-electron chi connectivity index (χ2n) is 4.71. The van der Waals surface area contributed by atoms with E-state index >= 15 is 0 Å². The summed E-state index contributed by atoms with van der Waals surface area (Å²) in [5, 5.41) is 9.05. The molecule has 100 valence electrons. The van der Waals surface area contributed by atoms with Gasteiger partial charge in [-0.25, -0.2) is 0 Å². The van der Waals surface area contributed by atoms with Gasteiger partial charge in [-0.2, -0.15) is 0 Å². The van der Waals surface area contributed by atoms with Gasteiger partial charge in [-0.15, -0.1) is 0 Å². The molecule has 1 N–H and O–H groups in total. The predicted molar refractivity (Wildman–Crippen MR) is 70.3 cm³/mol. The molecule has 4 nitrogen and oxygen atoms in total. The van der Waals surface area contributed by atoms with Crippen molar-refractivity contribution in [1.82, 2.24) is 4.90 Å². The smallest absolute Gasteiger partial charge is 0.164 e. The number of benzene rings is 1. The van der Waals surface area contributed by atoms with Gasteiger partial charge in [0.1, 0.15) is 6.10 Å². The summed E-state index contributed by atoms with van der Waals surface area (Å²) in [6.07, 6.45) is 1.86. The summed E-state index contributed by atoms with van der Waals surface area (Å²) in [6.45, 7) is 2.14. The van der Waals surface area contributed by atoms with Crippen molar-refractivity contribution in [3.05, 3.63) is 23.8 Å². The van der Waals surface area contributed by atoms with Crippen LogP contribution in [0.15, 0.2) is 18.2 Å². The number of para-hydroxylation sites is 1. The van der Waals surface area contributed by atoms with Gasteiger partial charge in [-0.05, 0) is 26.0 Å². The lowest BCUT2D eigenvalue weighted by molar-refractivity contribution is 0.198. The number of hydrogen-bond donors (Lipinski definition) is 1. The highest BCUT2D eigenvalue weighted by molar-refractivity contribution is 5.46. The van der Waals surface area contributed by atoms with Crippen LogP contribution in [0, 0.1) is 0 Å². The molecule has 1 atom stereocenters. The summed E-state index contributed by atoms with van der Waals surface area (Å²) in [6, 6.07) is 5.84. The molecule has 1 aliphatic rings. The zero-order valence-corrected chi connectivity index (χ0v) is 11.1. The van der Waals surface area contributed by atoms with Crippen LogP contribution in [0.1, 0.15) is 12.0 Å². The predicted octanol–water partition coefficient (Wildman–Crippen LogP) is 1.31. The average Bonchev–Trinajstić information content (AvgIpc) is 2.76. The van der Waals surface area contributed by atoms with E-state index in [1.54, 1.807) is 7.11 Å². The number of nitrogens with zero attached hydrogens (tertiary/aromatic N) is 1. The van der Waals surface area contributed by atoms with Crippen LogP contribution in [-0.2, 0) is 6.42 Å². The Balaban J connectivity index is 2.13. The molecular formula is C14H21NO3. The van der Waals surface area contributed by atoms with Gasteiger partial charge in [0.05, 0.1) is 7.11 Å². The maximum atomic E-state index is 9.05. The van der Waals surface area contributed by atoms with Crippen molar-refractivity contribution in [2.45, 2.75) is 18.9 Å². The first-order chi connectivity index (χ1) is 8.74. The molecule has 1 aliphatic heterocycles. The number of aliphatic hydroxyl groups excluding tert-OH is 1. The van der Waals surface area contributed by atoms with Crippen molar-refractivity contribution in [3.8, 4) is 11.5 Å². The third kappa shape index (κ3) is 2.94. The highest BCUT2D eigenvalue weighted by Crippen LogP contribution is 2.33. The summed E-state index contributed by atoms with van der Waals surface area (Å²) in [7, 11) is 3.74. The molecule has 0 amide bonds. The summed E-state index contributed by atoms with van der Waals surface area (Å²) in [5.74, 6) is 1.53. The summed E-state index contributed by atoms with van der Waals surface area (Å²) < 4.78 is 11.4. The van der Waals surface area contributed by atoms with Crippen LogP contribution in [0.25, 0.3) is 0 Å². The van der Waals surface area contributed by atoms with E-state index in [1.807, 2.05) is 18.2 Å². The van der Waals surface area contributed by atoms with E-state index in [-0.39, 0.29) is 12.7 Å². The molecule has 0 aromatic heterocycles. The Labute approximate surface area is 108 Å². The quantitative estimate of drug-likeness (QED) is 0.857. The number of ether oxygens (including phenoxy) is 2. The van der Waals surface area contributed by atoms with Crippen molar-refractivity contribution < 1.29 is 14.6 Å². The maximum absolute atomic E-state index is 9.05. The maximum Gasteiger partial charge on any atom is 0.164 e. The fourth-order valence-corrected chi connectivity index (χ4v) is 2.37. The van der Waals surface area contributed by atoms with E-state index in [4.69, 9.17) is 14.6 Å². The summed E-state index contributed by atoms with van der Waals surface area (Å²) >= 11 is 0. The molecule has 0 bridgehead atoms. The monoisotopic (exact) mass is 251 g/mol. The molecule has 1 saturated heterocycles. The van der Waals surface area contributed by atoms with Crippen molar-refractivity contribution in [2.24, 2.45) is 0 Å². The Bertz CT molecular complexity index is 395. The molecule has 1 unspecified atom stereocenters. The zero-order chi connectivity index (χ0) is 13.0. The Morgan fingerprint density at radius 3 is 2.89 bits per heavy atom. The normalized spacial score (nSPS) is 20.1. The minimum Gasteiger partial charge on any atom is -0.493 e. The summed E-state index contributed by atoms with van der Waals surface area (Å²) in [5.41, 5.74) is 0.990. The second kappa shape index (κ2) is 6.07. The number of likely N-dealkylation sites (N-methyl/N-ethyl adjacent to an activating group) is 1. The lowest BCUT2D eigenvalue weighted by Crippen LogP contribution is -2.21. The minimum absolute atomic E-state index is 0.117. The second-order valence-corrected chi connectivity index (χ2v) is 4.71. The first kappa shape index (κ1) is 13.2. The van der Waals surface area contributed by atoms with Crippen LogP contribution in [0.4, 0.5) is 0 Å². The van der Waals surface area contributed by atoms with Gasteiger partial charge >= 0.3 is 0 Å². The van der Waals surface area contributed by atoms with E-state index < -0.39 is 0 Å². The SMILES string of the molecule is COc1c(CCO)cccc1OC1CCN(C)C1. The average molecular weight is 251 g/mol. The first-order valence-electron chi connectivity index (χ1n) is 6.36. The van der Waals surface area contributed by atoms with Crippen LogP contribution in [-0.4, -0.2) is 50.0 Å². The van der Waals surface area contributed by atoms with Gasteiger partial charge in [0.2, 0.25) is 0 Å². The van der Waals surface area contributed by atoms with Crippen LogP contribution in [0.3, 0.4) is 0 Å². The van der Waals surface area contributed by atoms with E-state index in [0.717, 1.165) is 36.6 Å². The highest BCUT2D eigenvalue weighted by atomic mass is 16.5. The van der Waals surface area contributed by atoms with Gasteiger partial charge < -0.3 is 19.5 Å². The van der Waals surface area contributed by atoms with Crippen molar-refractivity contribution in [3.63, 3.8) is 0 Å². The number of methoxy groups -OCH3 is 1. The number of aliphatic hydroxyl groups is 1. The third-order valence-electron chi connectivity index (χ3n) is 3.29. The van der Waals surface area contributed by atoms with Crippen LogP contribution < -0.4 is 9.47 Å². The van der Waals surface area contributed by atoms with Crippen LogP contribution >= 0.6 is 0 Å². The minimum atomic E-state index is 0.117. The van der Waals surface area contributed by atoms with Gasteiger partial charge in [0, 0.05) is 25.3 Å². The van der Waals surface area contributed by atoms with Crippen molar-refractivity contribution >= 4 is 0 Å². The molecule has 1 heterocycles. The molecule has 18 heavy (non-hydrogen) atoms. The largest absolute Gasteiger partial charge is 0.493 e. The molecule has 1 aromatic carbocycles. The third-order valence-corrected chi connectivity index (χ3v) is 3.29. The van der Waals surface area contributed by atoms with Gasteiger partial charge in [-0.1, -0.05) is 12.1 Å². The molecule has 0 spiro atoms. The van der Waals surface area contributed by atoms with Gasteiger partial charge in [-0.3, -0.25) is 0 Å². The topological polar surface area (TPSA) is 41.9 Å². The first-order valence-corrected chi connectivity index (χ1v) is 6.36. The molecule has 0 aliphatic carbocycles. The van der Waals surface area contributed by atoms with Gasteiger partial charge in [0.15, 0.2) is 11.5 Å². The van der Waals surface area contributed by atoms with E-state index in [9.17, 15) is 0 Å².